The normalized spacial score (nSPS) is 14.2. The van der Waals surface area contributed by atoms with Crippen LogP contribution < -0.4 is 10.1 Å². The van der Waals surface area contributed by atoms with Gasteiger partial charge >= 0.3 is 0 Å². The number of rotatable bonds is 1. The van der Waals surface area contributed by atoms with Crippen LogP contribution in [0.15, 0.2) is 42.6 Å². The number of benzene rings is 2. The van der Waals surface area contributed by atoms with Crippen molar-refractivity contribution in [2.75, 3.05) is 11.9 Å². The van der Waals surface area contributed by atoms with Gasteiger partial charge < -0.3 is 10.1 Å². The molecule has 21 heavy (non-hydrogen) atoms. The molecule has 2 aromatic carbocycles. The van der Waals surface area contributed by atoms with Gasteiger partial charge in [0.25, 0.3) is 0 Å². The zero-order valence-electron chi connectivity index (χ0n) is 11.2. The molecule has 2 heterocycles. The molecule has 1 amide bonds. The highest BCUT2D eigenvalue weighted by Crippen LogP contribution is 2.33. The van der Waals surface area contributed by atoms with Crippen LogP contribution in [-0.2, 0) is 4.79 Å². The van der Waals surface area contributed by atoms with Gasteiger partial charge in [-0.05, 0) is 35.4 Å². The van der Waals surface area contributed by atoms with Crippen LogP contribution in [0, 0.1) is 0 Å². The molecule has 5 heteroatoms. The van der Waals surface area contributed by atoms with Crippen molar-refractivity contribution in [3.05, 3.63) is 42.6 Å². The number of carbonyl (C=O) groups excluding carboxylic acids is 1. The molecular formula is C16H13N3O2. The Morgan fingerprint density at radius 3 is 2.90 bits per heavy atom. The predicted molar refractivity (Wildman–Crippen MR) is 80.3 cm³/mol. The monoisotopic (exact) mass is 279 g/mol. The number of fused-ring (bicyclic) bond motifs is 2. The summed E-state index contributed by atoms with van der Waals surface area (Å²) in [7, 11) is 0. The minimum absolute atomic E-state index is 0.0174. The van der Waals surface area contributed by atoms with E-state index < -0.39 is 0 Å². The second-order valence-electron chi connectivity index (χ2n) is 5.03. The molecule has 0 saturated carbocycles. The van der Waals surface area contributed by atoms with Crippen LogP contribution in [0.2, 0.25) is 0 Å². The average Bonchev–Trinajstić information content (AvgIpc) is 2.88. The number of hydrogen-bond acceptors (Lipinski definition) is 3. The Labute approximate surface area is 120 Å². The highest BCUT2D eigenvalue weighted by atomic mass is 16.5. The van der Waals surface area contributed by atoms with Gasteiger partial charge in [0.1, 0.15) is 5.75 Å². The minimum Gasteiger partial charge on any atom is -0.491 e. The highest BCUT2D eigenvalue weighted by Gasteiger charge is 2.14. The molecule has 3 aromatic rings. The van der Waals surface area contributed by atoms with Crippen LogP contribution >= 0.6 is 0 Å². The first kappa shape index (κ1) is 12.0. The number of nitrogens with zero attached hydrogens (tertiary/aromatic N) is 1. The highest BCUT2D eigenvalue weighted by molar-refractivity contribution is 5.94. The third-order valence-corrected chi connectivity index (χ3v) is 3.61. The summed E-state index contributed by atoms with van der Waals surface area (Å²) < 4.78 is 5.57. The fourth-order valence-corrected chi connectivity index (χ4v) is 2.52. The maximum absolute atomic E-state index is 11.6. The van der Waals surface area contributed by atoms with Crippen molar-refractivity contribution < 1.29 is 9.53 Å². The summed E-state index contributed by atoms with van der Waals surface area (Å²) in [6.07, 6.45) is 2.18. The van der Waals surface area contributed by atoms with Crippen LogP contribution in [0.25, 0.3) is 22.0 Å². The van der Waals surface area contributed by atoms with Crippen molar-refractivity contribution in [2.24, 2.45) is 0 Å². The van der Waals surface area contributed by atoms with E-state index in [2.05, 4.69) is 21.6 Å². The van der Waals surface area contributed by atoms with Gasteiger partial charge in [0.2, 0.25) is 5.91 Å². The van der Waals surface area contributed by atoms with Crippen molar-refractivity contribution >= 4 is 22.5 Å². The average molecular weight is 279 g/mol. The zero-order chi connectivity index (χ0) is 14.2. The van der Waals surface area contributed by atoms with Crippen molar-refractivity contribution in [3.63, 3.8) is 0 Å². The number of aromatic nitrogens is 2. The molecule has 1 aliphatic heterocycles. The molecule has 0 fully saturated rings. The third-order valence-electron chi connectivity index (χ3n) is 3.61. The van der Waals surface area contributed by atoms with Crippen LogP contribution in [0.5, 0.6) is 5.75 Å². The minimum atomic E-state index is -0.0174. The van der Waals surface area contributed by atoms with E-state index in [0.29, 0.717) is 18.8 Å². The Kier molecular flexibility index (Phi) is 2.64. The molecule has 104 valence electrons. The molecule has 0 unspecified atom stereocenters. The lowest BCUT2D eigenvalue weighted by molar-refractivity contribution is -0.116. The molecule has 0 bridgehead atoms. The largest absolute Gasteiger partial charge is 0.491 e. The van der Waals surface area contributed by atoms with Gasteiger partial charge in [-0.1, -0.05) is 12.1 Å². The number of ether oxygens (including phenoxy) is 1. The standard InChI is InChI=1S/C16H13N3O2/c20-16-5-6-21-15-4-2-11(8-14(15)18-16)10-1-3-13-12(7-10)9-17-19-13/h1-4,7-9H,5-6H2,(H,17,19)(H,18,20). The molecule has 0 spiro atoms. The molecule has 2 N–H and O–H groups in total. The maximum atomic E-state index is 11.6. The first-order chi connectivity index (χ1) is 10.3. The number of nitrogens with one attached hydrogen (secondary N) is 2. The van der Waals surface area contributed by atoms with Crippen LogP contribution in [0.4, 0.5) is 5.69 Å². The van der Waals surface area contributed by atoms with Crippen LogP contribution in [0.3, 0.4) is 0 Å². The van der Waals surface area contributed by atoms with Crippen molar-refractivity contribution in [2.45, 2.75) is 6.42 Å². The van der Waals surface area contributed by atoms with Gasteiger partial charge in [-0.2, -0.15) is 5.10 Å². The smallest absolute Gasteiger partial charge is 0.227 e. The predicted octanol–water partition coefficient (Wildman–Crippen LogP) is 2.95. The Hall–Kier alpha value is -2.82. The maximum Gasteiger partial charge on any atom is 0.227 e. The van der Waals surface area contributed by atoms with Crippen molar-refractivity contribution in [1.82, 2.24) is 10.2 Å². The SMILES string of the molecule is O=C1CCOc2ccc(-c3ccc4[nH]ncc4c3)cc2N1. The number of H-pyrrole nitrogens is 1. The topological polar surface area (TPSA) is 67.0 Å². The van der Waals surface area contributed by atoms with E-state index in [4.69, 9.17) is 4.74 Å². The Bertz CT molecular complexity index is 838. The lowest BCUT2D eigenvalue weighted by Crippen LogP contribution is -2.10. The summed E-state index contributed by atoms with van der Waals surface area (Å²) in [5.41, 5.74) is 3.83. The second-order valence-corrected chi connectivity index (χ2v) is 5.03. The van der Waals surface area contributed by atoms with E-state index in [1.54, 1.807) is 6.20 Å². The molecular weight excluding hydrogens is 266 g/mol. The molecule has 4 rings (SSSR count). The number of hydrogen-bond donors (Lipinski definition) is 2. The summed E-state index contributed by atoms with van der Waals surface area (Å²) in [6.45, 7) is 0.416. The lowest BCUT2D eigenvalue weighted by Gasteiger charge is -2.09. The third kappa shape index (κ3) is 2.12. The van der Waals surface area contributed by atoms with Crippen molar-refractivity contribution in [1.29, 1.82) is 0 Å². The molecule has 0 atom stereocenters. The van der Waals surface area contributed by atoms with Gasteiger partial charge in [0, 0.05) is 5.39 Å². The fraction of sp³-hybridized carbons (Fsp3) is 0.125. The first-order valence-corrected chi connectivity index (χ1v) is 6.80. The fourth-order valence-electron chi connectivity index (χ4n) is 2.52. The first-order valence-electron chi connectivity index (χ1n) is 6.80. The van der Waals surface area contributed by atoms with Gasteiger partial charge in [-0.15, -0.1) is 0 Å². The lowest BCUT2D eigenvalue weighted by atomic mass is 10.0. The Morgan fingerprint density at radius 2 is 1.95 bits per heavy atom. The van der Waals surface area contributed by atoms with E-state index >= 15 is 0 Å². The van der Waals surface area contributed by atoms with Crippen molar-refractivity contribution in [3.8, 4) is 16.9 Å². The van der Waals surface area contributed by atoms with Crippen LogP contribution in [0.1, 0.15) is 6.42 Å². The molecule has 0 radical (unpaired) electrons. The summed E-state index contributed by atoms with van der Waals surface area (Å²) in [5, 5.41) is 10.9. The number of carbonyl (C=O) groups is 1. The van der Waals surface area contributed by atoms with E-state index in [0.717, 1.165) is 27.7 Å². The Morgan fingerprint density at radius 1 is 1.10 bits per heavy atom. The van der Waals surface area contributed by atoms with Crippen LogP contribution in [-0.4, -0.2) is 22.7 Å². The molecule has 1 aliphatic rings. The van der Waals surface area contributed by atoms with Gasteiger partial charge in [-0.3, -0.25) is 9.89 Å². The van der Waals surface area contributed by atoms with E-state index in [1.807, 2.05) is 30.3 Å². The number of amides is 1. The summed E-state index contributed by atoms with van der Waals surface area (Å²) in [5.74, 6) is 0.699. The summed E-state index contributed by atoms with van der Waals surface area (Å²) in [4.78, 5) is 11.6. The van der Waals surface area contributed by atoms with Gasteiger partial charge in [0.15, 0.2) is 0 Å². The van der Waals surface area contributed by atoms with Gasteiger partial charge in [-0.25, -0.2) is 0 Å². The van der Waals surface area contributed by atoms with Gasteiger partial charge in [0.05, 0.1) is 30.4 Å². The second kappa shape index (κ2) is 4.63. The van der Waals surface area contributed by atoms with E-state index in [9.17, 15) is 4.79 Å². The molecule has 1 aromatic heterocycles. The zero-order valence-corrected chi connectivity index (χ0v) is 11.2. The van der Waals surface area contributed by atoms with E-state index in [-0.39, 0.29) is 5.91 Å². The summed E-state index contributed by atoms with van der Waals surface area (Å²) >= 11 is 0. The molecule has 0 aliphatic carbocycles. The number of anilines is 1. The Balaban J connectivity index is 1.79. The molecule has 5 nitrogen and oxygen atoms in total. The molecule has 0 saturated heterocycles. The quantitative estimate of drug-likeness (QED) is 0.719. The number of aromatic amines is 1. The van der Waals surface area contributed by atoms with E-state index in [1.165, 1.54) is 0 Å². The summed E-state index contributed by atoms with van der Waals surface area (Å²) in [6, 6.07) is 11.9.